The standard InChI is InChI=1S/C21H23F2N3O/c1-2-24-21(25-17-10-11-27-19-9-4-3-6-13(17)19)26-18-12-14(18)20-15(22)7-5-8-16(20)23/h3-9,14,17-18H,2,10-12H2,1H3,(H2,24,25,26). The number of halogens is 2. The first-order chi connectivity index (χ1) is 13.2. The molecule has 1 saturated carbocycles. The van der Waals surface area contributed by atoms with Crippen LogP contribution in [0, 0.1) is 11.6 Å². The van der Waals surface area contributed by atoms with Crippen LogP contribution in [-0.2, 0) is 0 Å². The lowest BCUT2D eigenvalue weighted by atomic mass is 10.0. The zero-order chi connectivity index (χ0) is 18.8. The Morgan fingerprint density at radius 2 is 1.89 bits per heavy atom. The summed E-state index contributed by atoms with van der Waals surface area (Å²) in [6, 6.07) is 12.0. The molecule has 0 saturated heterocycles. The van der Waals surface area contributed by atoms with Gasteiger partial charge in [0.05, 0.1) is 12.6 Å². The molecule has 0 radical (unpaired) electrons. The van der Waals surface area contributed by atoms with Gasteiger partial charge in [-0.2, -0.15) is 0 Å². The molecule has 2 N–H and O–H groups in total. The Labute approximate surface area is 157 Å². The smallest absolute Gasteiger partial charge is 0.191 e. The minimum absolute atomic E-state index is 0.0238. The number of fused-ring (bicyclic) bond motifs is 1. The van der Waals surface area contributed by atoms with Gasteiger partial charge in [0.15, 0.2) is 5.96 Å². The third kappa shape index (κ3) is 3.75. The maximum absolute atomic E-state index is 14.0. The van der Waals surface area contributed by atoms with E-state index in [-0.39, 0.29) is 23.6 Å². The second kappa shape index (κ2) is 7.55. The minimum atomic E-state index is -0.482. The van der Waals surface area contributed by atoms with E-state index in [2.05, 4.69) is 15.6 Å². The summed E-state index contributed by atoms with van der Waals surface area (Å²) >= 11 is 0. The van der Waals surface area contributed by atoms with Crippen molar-refractivity contribution in [3.8, 4) is 5.75 Å². The quantitative estimate of drug-likeness (QED) is 0.633. The van der Waals surface area contributed by atoms with Gasteiger partial charge in [-0.3, -0.25) is 4.99 Å². The van der Waals surface area contributed by atoms with E-state index < -0.39 is 11.6 Å². The molecule has 0 spiro atoms. The predicted molar refractivity (Wildman–Crippen MR) is 101 cm³/mol. The van der Waals surface area contributed by atoms with Crippen LogP contribution in [0.4, 0.5) is 8.78 Å². The van der Waals surface area contributed by atoms with Crippen LogP contribution in [0.1, 0.15) is 42.9 Å². The van der Waals surface area contributed by atoms with Crippen LogP contribution >= 0.6 is 0 Å². The summed E-state index contributed by atoms with van der Waals surface area (Å²) in [5.74, 6) is 0.421. The van der Waals surface area contributed by atoms with E-state index >= 15 is 0 Å². The third-order valence-electron chi connectivity index (χ3n) is 5.07. The van der Waals surface area contributed by atoms with Crippen LogP contribution in [-0.4, -0.2) is 25.2 Å². The van der Waals surface area contributed by atoms with Crippen LogP contribution in [0.5, 0.6) is 5.75 Å². The molecule has 4 nitrogen and oxygen atoms in total. The monoisotopic (exact) mass is 371 g/mol. The van der Waals surface area contributed by atoms with Crippen LogP contribution in [0.2, 0.25) is 0 Å². The second-order valence-electron chi connectivity index (χ2n) is 6.92. The number of para-hydroxylation sites is 1. The van der Waals surface area contributed by atoms with E-state index in [1.807, 2.05) is 31.2 Å². The van der Waals surface area contributed by atoms with Crippen molar-refractivity contribution in [2.45, 2.75) is 37.8 Å². The molecule has 0 amide bonds. The zero-order valence-corrected chi connectivity index (χ0v) is 15.2. The number of nitrogens with one attached hydrogen (secondary N) is 2. The zero-order valence-electron chi connectivity index (χ0n) is 15.2. The van der Waals surface area contributed by atoms with Crippen molar-refractivity contribution in [1.82, 2.24) is 10.6 Å². The summed E-state index contributed by atoms with van der Waals surface area (Å²) in [6.45, 7) is 3.22. The molecule has 3 unspecified atom stereocenters. The average molecular weight is 371 g/mol. The third-order valence-corrected chi connectivity index (χ3v) is 5.07. The molecule has 0 aromatic heterocycles. The lowest BCUT2D eigenvalue weighted by Gasteiger charge is -2.28. The lowest BCUT2D eigenvalue weighted by molar-refractivity contribution is 0.261. The Balaban J connectivity index is 1.46. The van der Waals surface area contributed by atoms with Gasteiger partial charge in [0.25, 0.3) is 0 Å². The van der Waals surface area contributed by atoms with Crippen molar-refractivity contribution in [1.29, 1.82) is 0 Å². The molecule has 1 heterocycles. The molecule has 2 aromatic rings. The van der Waals surface area contributed by atoms with Crippen molar-refractivity contribution in [2.24, 2.45) is 4.99 Å². The lowest BCUT2D eigenvalue weighted by Crippen LogP contribution is -2.42. The Morgan fingerprint density at radius 3 is 2.67 bits per heavy atom. The first kappa shape index (κ1) is 17.8. The highest BCUT2D eigenvalue weighted by Gasteiger charge is 2.42. The Hall–Kier alpha value is -2.63. The van der Waals surface area contributed by atoms with Crippen molar-refractivity contribution in [2.75, 3.05) is 13.2 Å². The fourth-order valence-corrected chi connectivity index (χ4v) is 3.66. The molecule has 6 heteroatoms. The van der Waals surface area contributed by atoms with Gasteiger partial charge in [0.2, 0.25) is 0 Å². The number of hydrogen-bond donors (Lipinski definition) is 2. The molecule has 142 valence electrons. The number of rotatable bonds is 4. The number of ether oxygens (including phenoxy) is 1. The molecule has 1 aliphatic heterocycles. The number of nitrogens with zero attached hydrogens (tertiary/aromatic N) is 1. The highest BCUT2D eigenvalue weighted by atomic mass is 19.1. The Bertz CT molecular complexity index is 835. The average Bonchev–Trinajstić information content (AvgIpc) is 3.40. The summed E-state index contributed by atoms with van der Waals surface area (Å²) in [5, 5.41) is 6.79. The van der Waals surface area contributed by atoms with E-state index in [0.717, 1.165) is 17.7 Å². The van der Waals surface area contributed by atoms with Gasteiger partial charge in [-0.1, -0.05) is 24.3 Å². The van der Waals surface area contributed by atoms with Crippen LogP contribution < -0.4 is 15.4 Å². The Kier molecular flexibility index (Phi) is 4.97. The maximum atomic E-state index is 14.0. The minimum Gasteiger partial charge on any atom is -0.493 e. The molecule has 4 rings (SSSR count). The molecular weight excluding hydrogens is 348 g/mol. The van der Waals surface area contributed by atoms with E-state index in [1.54, 1.807) is 0 Å². The fourth-order valence-electron chi connectivity index (χ4n) is 3.66. The second-order valence-corrected chi connectivity index (χ2v) is 6.92. The predicted octanol–water partition coefficient (Wildman–Crippen LogP) is 3.90. The molecule has 3 atom stereocenters. The molecule has 27 heavy (non-hydrogen) atoms. The van der Waals surface area contributed by atoms with Crippen LogP contribution in [0.3, 0.4) is 0 Å². The van der Waals surface area contributed by atoms with Crippen molar-refractivity contribution >= 4 is 5.96 Å². The molecular formula is C21H23F2N3O. The summed E-state index contributed by atoms with van der Waals surface area (Å²) in [5.41, 5.74) is 1.27. The van der Waals surface area contributed by atoms with Gasteiger partial charge in [0, 0.05) is 36.1 Å². The molecule has 2 aliphatic rings. The summed E-state index contributed by atoms with van der Waals surface area (Å²) in [7, 11) is 0. The topological polar surface area (TPSA) is 45.7 Å². The van der Waals surface area contributed by atoms with E-state index in [1.165, 1.54) is 18.2 Å². The van der Waals surface area contributed by atoms with Crippen molar-refractivity contribution in [3.63, 3.8) is 0 Å². The summed E-state index contributed by atoms with van der Waals surface area (Å²) in [4.78, 5) is 4.51. The number of hydrogen-bond acceptors (Lipinski definition) is 2. The normalized spacial score (nSPS) is 24.0. The maximum Gasteiger partial charge on any atom is 0.191 e. The van der Waals surface area contributed by atoms with Gasteiger partial charge >= 0.3 is 0 Å². The number of benzene rings is 2. The fraction of sp³-hybridized carbons (Fsp3) is 0.381. The van der Waals surface area contributed by atoms with Crippen molar-refractivity contribution < 1.29 is 13.5 Å². The molecule has 0 bridgehead atoms. The number of guanidine groups is 1. The Morgan fingerprint density at radius 1 is 1.11 bits per heavy atom. The first-order valence-corrected chi connectivity index (χ1v) is 9.40. The SMILES string of the molecule is CCN=C(NC1CCOc2ccccc21)NC1CC1c1c(F)cccc1F. The van der Waals surface area contributed by atoms with Crippen LogP contribution in [0.15, 0.2) is 47.5 Å². The molecule has 2 aromatic carbocycles. The summed E-state index contributed by atoms with van der Waals surface area (Å²) < 4.78 is 33.7. The van der Waals surface area contributed by atoms with E-state index in [0.29, 0.717) is 25.5 Å². The first-order valence-electron chi connectivity index (χ1n) is 9.40. The van der Waals surface area contributed by atoms with E-state index in [4.69, 9.17) is 4.74 Å². The van der Waals surface area contributed by atoms with Gasteiger partial charge < -0.3 is 15.4 Å². The molecule has 1 fully saturated rings. The highest BCUT2D eigenvalue weighted by Crippen LogP contribution is 2.43. The number of aliphatic imine (C=N–C) groups is 1. The largest absolute Gasteiger partial charge is 0.493 e. The van der Waals surface area contributed by atoms with Crippen LogP contribution in [0.25, 0.3) is 0 Å². The van der Waals surface area contributed by atoms with Gasteiger partial charge in [0.1, 0.15) is 17.4 Å². The van der Waals surface area contributed by atoms with Gasteiger partial charge in [-0.05, 0) is 31.5 Å². The van der Waals surface area contributed by atoms with Gasteiger partial charge in [-0.25, -0.2) is 8.78 Å². The van der Waals surface area contributed by atoms with Crippen molar-refractivity contribution in [3.05, 3.63) is 65.2 Å². The van der Waals surface area contributed by atoms with E-state index in [9.17, 15) is 8.78 Å². The molecule has 1 aliphatic carbocycles. The highest BCUT2D eigenvalue weighted by molar-refractivity contribution is 5.81. The van der Waals surface area contributed by atoms with Gasteiger partial charge in [-0.15, -0.1) is 0 Å². The summed E-state index contributed by atoms with van der Waals surface area (Å²) in [6.07, 6.45) is 1.52.